The lowest BCUT2D eigenvalue weighted by atomic mass is 10.1. The number of fused-ring (bicyclic) bond motifs is 2. The number of aromatic nitrogens is 1. The Labute approximate surface area is 176 Å². The van der Waals surface area contributed by atoms with Crippen LogP contribution in [0, 0.1) is 0 Å². The SMILES string of the molecule is O=S(=O)([O-])c1ccc(N=Nc2cc(S(=O)(=O)[O-])c3cccnc3c2O)c2ccccc12. The summed E-state index contributed by atoms with van der Waals surface area (Å²) >= 11 is 0. The summed E-state index contributed by atoms with van der Waals surface area (Å²) in [6.07, 6.45) is 1.31. The van der Waals surface area contributed by atoms with E-state index in [1.54, 1.807) is 12.1 Å². The van der Waals surface area contributed by atoms with Crippen LogP contribution in [0.5, 0.6) is 5.75 Å². The highest BCUT2D eigenvalue weighted by molar-refractivity contribution is 7.86. The zero-order valence-corrected chi connectivity index (χ0v) is 17.0. The minimum atomic E-state index is -4.91. The third-order valence-electron chi connectivity index (χ3n) is 4.47. The van der Waals surface area contributed by atoms with Gasteiger partial charge in [0.15, 0.2) is 5.75 Å². The number of hydrogen-bond donors (Lipinski definition) is 1. The average Bonchev–Trinajstić information content (AvgIpc) is 2.71. The van der Waals surface area contributed by atoms with E-state index in [2.05, 4.69) is 15.2 Å². The Hall–Kier alpha value is -3.45. The van der Waals surface area contributed by atoms with E-state index in [0.717, 1.165) is 12.1 Å². The van der Waals surface area contributed by atoms with E-state index < -0.39 is 35.8 Å². The minimum Gasteiger partial charge on any atom is -0.744 e. The van der Waals surface area contributed by atoms with E-state index in [0.29, 0.717) is 5.39 Å². The second kappa shape index (κ2) is 7.35. The normalized spacial score (nSPS) is 12.7. The molecule has 3 aromatic carbocycles. The molecule has 0 spiro atoms. The molecule has 1 aromatic heterocycles. The quantitative estimate of drug-likeness (QED) is 0.359. The second-order valence-corrected chi connectivity index (χ2v) is 9.07. The van der Waals surface area contributed by atoms with E-state index in [4.69, 9.17) is 0 Å². The summed E-state index contributed by atoms with van der Waals surface area (Å²) in [5.41, 5.74) is -0.327. The lowest BCUT2D eigenvalue weighted by Crippen LogP contribution is -2.00. The van der Waals surface area contributed by atoms with Gasteiger partial charge in [-0.3, -0.25) is 4.98 Å². The summed E-state index contributed by atoms with van der Waals surface area (Å²) < 4.78 is 69.5. The molecule has 0 saturated carbocycles. The van der Waals surface area contributed by atoms with Gasteiger partial charge in [-0.25, -0.2) is 16.8 Å². The highest BCUT2D eigenvalue weighted by Gasteiger charge is 2.16. The van der Waals surface area contributed by atoms with E-state index in [9.17, 15) is 31.0 Å². The van der Waals surface area contributed by atoms with Crippen molar-refractivity contribution < 1.29 is 31.0 Å². The Morgan fingerprint density at radius 2 is 1.35 bits per heavy atom. The van der Waals surface area contributed by atoms with Gasteiger partial charge in [0.1, 0.15) is 31.4 Å². The number of phenols is 1. The first-order valence-electron chi connectivity index (χ1n) is 8.53. The molecule has 0 unspecified atom stereocenters. The maximum Gasteiger partial charge on any atom is 0.169 e. The highest BCUT2D eigenvalue weighted by atomic mass is 32.2. The van der Waals surface area contributed by atoms with Crippen molar-refractivity contribution in [3.8, 4) is 5.75 Å². The molecule has 0 amide bonds. The molecule has 0 radical (unpaired) electrons. The monoisotopic (exact) mass is 457 g/mol. The van der Waals surface area contributed by atoms with Crippen LogP contribution in [0.3, 0.4) is 0 Å². The van der Waals surface area contributed by atoms with Gasteiger partial charge >= 0.3 is 0 Å². The Balaban J connectivity index is 1.93. The molecule has 0 aliphatic heterocycles. The molecule has 31 heavy (non-hydrogen) atoms. The van der Waals surface area contributed by atoms with Gasteiger partial charge in [-0.1, -0.05) is 24.3 Å². The van der Waals surface area contributed by atoms with Gasteiger partial charge in [0.25, 0.3) is 0 Å². The van der Waals surface area contributed by atoms with Gasteiger partial charge < -0.3 is 14.2 Å². The smallest absolute Gasteiger partial charge is 0.169 e. The molecule has 4 rings (SSSR count). The Kier molecular flexibility index (Phi) is 4.94. The summed E-state index contributed by atoms with van der Waals surface area (Å²) in [7, 11) is -9.65. The standard InChI is InChI=1S/C19H13N3O7S2/c23-19-15(10-17(31(27,28)29)13-6-3-9-20-18(13)19)22-21-14-7-8-16(30(24,25)26)12-5-2-1-4-11(12)14/h1-10,23H,(H,24,25,26)(H,27,28,29)/p-2. The summed E-state index contributed by atoms with van der Waals surface area (Å²) in [4.78, 5) is 2.85. The van der Waals surface area contributed by atoms with E-state index >= 15 is 0 Å². The van der Waals surface area contributed by atoms with Gasteiger partial charge in [0.05, 0.1) is 15.5 Å². The molecular weight excluding hydrogens is 446 g/mol. The third kappa shape index (κ3) is 3.84. The molecular formula is C19H11N3O7S2-2. The fourth-order valence-electron chi connectivity index (χ4n) is 3.14. The first kappa shape index (κ1) is 20.8. The summed E-state index contributed by atoms with van der Waals surface area (Å²) in [5.74, 6) is -0.491. The molecule has 0 bridgehead atoms. The topological polar surface area (TPSA) is 172 Å². The van der Waals surface area contributed by atoms with Gasteiger partial charge in [-0.05, 0) is 30.3 Å². The lowest BCUT2D eigenvalue weighted by Gasteiger charge is -2.13. The van der Waals surface area contributed by atoms with Crippen molar-refractivity contribution in [3.63, 3.8) is 0 Å². The number of benzene rings is 3. The maximum atomic E-state index is 11.7. The molecule has 10 nitrogen and oxygen atoms in total. The van der Waals surface area contributed by atoms with Crippen molar-refractivity contribution >= 4 is 53.3 Å². The molecule has 0 atom stereocenters. The van der Waals surface area contributed by atoms with Crippen molar-refractivity contribution in [1.29, 1.82) is 0 Å². The van der Waals surface area contributed by atoms with Crippen LogP contribution in [0.25, 0.3) is 21.7 Å². The van der Waals surface area contributed by atoms with Crippen molar-refractivity contribution in [1.82, 2.24) is 4.98 Å². The van der Waals surface area contributed by atoms with E-state index in [-0.39, 0.29) is 27.7 Å². The molecule has 1 N–H and O–H groups in total. The Bertz CT molecular complexity index is 1600. The van der Waals surface area contributed by atoms with Gasteiger partial charge in [0.2, 0.25) is 0 Å². The zero-order valence-electron chi connectivity index (χ0n) is 15.3. The first-order chi connectivity index (χ1) is 14.6. The van der Waals surface area contributed by atoms with Crippen LogP contribution >= 0.6 is 0 Å². The van der Waals surface area contributed by atoms with Crippen LogP contribution in [0.4, 0.5) is 11.4 Å². The number of rotatable bonds is 4. The fraction of sp³-hybridized carbons (Fsp3) is 0. The second-order valence-electron chi connectivity index (χ2n) is 6.38. The molecule has 12 heteroatoms. The molecule has 4 aromatic rings. The van der Waals surface area contributed by atoms with Gasteiger partial charge in [-0.2, -0.15) is 0 Å². The van der Waals surface area contributed by atoms with Crippen molar-refractivity contribution in [2.45, 2.75) is 9.79 Å². The van der Waals surface area contributed by atoms with Crippen LogP contribution < -0.4 is 0 Å². The molecule has 0 saturated heterocycles. The fourth-order valence-corrected chi connectivity index (χ4v) is 4.51. The van der Waals surface area contributed by atoms with E-state index in [1.807, 2.05) is 0 Å². The van der Waals surface area contributed by atoms with Crippen molar-refractivity contribution in [2.75, 3.05) is 0 Å². The van der Waals surface area contributed by atoms with Crippen molar-refractivity contribution in [2.24, 2.45) is 10.2 Å². The van der Waals surface area contributed by atoms with Crippen LogP contribution in [-0.2, 0) is 20.2 Å². The number of phenolic OH excluding ortho intramolecular Hbond substituents is 1. The Morgan fingerprint density at radius 1 is 0.742 bits per heavy atom. The molecule has 0 aliphatic rings. The summed E-state index contributed by atoms with van der Waals surface area (Å²) in [6.45, 7) is 0. The number of hydrogen-bond acceptors (Lipinski definition) is 10. The molecule has 0 fully saturated rings. The number of nitrogens with zero attached hydrogens (tertiary/aromatic N) is 3. The largest absolute Gasteiger partial charge is 0.744 e. The molecule has 158 valence electrons. The number of pyridine rings is 1. The predicted octanol–water partition coefficient (Wildman–Crippen LogP) is 3.32. The highest BCUT2D eigenvalue weighted by Crippen LogP contribution is 2.39. The summed E-state index contributed by atoms with van der Waals surface area (Å²) in [6, 6.07) is 12.0. The van der Waals surface area contributed by atoms with Crippen LogP contribution in [0.15, 0.2) is 80.8 Å². The zero-order chi connectivity index (χ0) is 22.4. The average molecular weight is 457 g/mol. The van der Waals surface area contributed by atoms with Gasteiger partial charge in [-0.15, -0.1) is 10.2 Å². The number of aromatic hydroxyl groups is 1. The van der Waals surface area contributed by atoms with Crippen LogP contribution in [0.2, 0.25) is 0 Å². The Morgan fingerprint density at radius 3 is 2.03 bits per heavy atom. The molecule has 0 aliphatic carbocycles. The number of azo groups is 1. The predicted molar refractivity (Wildman–Crippen MR) is 107 cm³/mol. The van der Waals surface area contributed by atoms with Crippen LogP contribution in [0.1, 0.15) is 0 Å². The van der Waals surface area contributed by atoms with Crippen LogP contribution in [-0.4, -0.2) is 36.0 Å². The summed E-state index contributed by atoms with van der Waals surface area (Å²) in [5, 5.41) is 18.6. The lowest BCUT2D eigenvalue weighted by molar-refractivity contribution is 0.461. The minimum absolute atomic E-state index is 0.0654. The van der Waals surface area contributed by atoms with E-state index in [1.165, 1.54) is 36.5 Å². The van der Waals surface area contributed by atoms with Crippen molar-refractivity contribution in [3.05, 3.63) is 60.8 Å². The molecule has 1 heterocycles. The van der Waals surface area contributed by atoms with Gasteiger partial charge in [0, 0.05) is 22.4 Å². The maximum absolute atomic E-state index is 11.7. The third-order valence-corrected chi connectivity index (χ3v) is 6.24. The first-order valence-corrected chi connectivity index (χ1v) is 11.3.